The fourth-order valence-corrected chi connectivity index (χ4v) is 3.36. The number of piperazine rings is 1. The minimum absolute atomic E-state index is 0.700. The fraction of sp³-hybridized carbons (Fsp3) is 0.625. The van der Waals surface area contributed by atoms with Crippen LogP contribution in [0.15, 0.2) is 22.7 Å². The second-order valence-electron chi connectivity index (χ2n) is 6.00. The van der Waals surface area contributed by atoms with E-state index in [1.807, 2.05) is 0 Å². The van der Waals surface area contributed by atoms with Crippen LogP contribution in [-0.4, -0.2) is 44.2 Å². The molecular weight excluding hydrogens is 314 g/mol. The summed E-state index contributed by atoms with van der Waals surface area (Å²) in [4.78, 5) is 5.05. The van der Waals surface area contributed by atoms with Gasteiger partial charge in [-0.2, -0.15) is 0 Å². The molecule has 1 aromatic carbocycles. The van der Waals surface area contributed by atoms with Crippen molar-refractivity contribution in [3.8, 4) is 0 Å². The Labute approximate surface area is 131 Å². The van der Waals surface area contributed by atoms with Gasteiger partial charge in [-0.1, -0.05) is 35.8 Å². The van der Waals surface area contributed by atoms with Crippen LogP contribution in [0.3, 0.4) is 0 Å². The van der Waals surface area contributed by atoms with Gasteiger partial charge in [0.2, 0.25) is 0 Å². The number of hydrogen-bond acceptors (Lipinski definition) is 3. The number of halogens is 1. The molecule has 0 saturated carbocycles. The largest absolute Gasteiger partial charge is 0.369 e. The van der Waals surface area contributed by atoms with Gasteiger partial charge < -0.3 is 10.6 Å². The average Bonchev–Trinajstić information content (AvgIpc) is 2.41. The molecule has 20 heavy (non-hydrogen) atoms. The molecule has 0 atom stereocenters. The maximum Gasteiger partial charge on any atom is 0.0378 e. The molecule has 1 aromatic rings. The third-order valence-corrected chi connectivity index (χ3v) is 4.55. The SMILES string of the molecule is CC(C)CN1CCN(c2ccc(CCN)c(Br)c2)CC1. The first kappa shape index (κ1) is 15.8. The lowest BCUT2D eigenvalue weighted by molar-refractivity contribution is 0.231. The zero-order valence-corrected chi connectivity index (χ0v) is 14.2. The predicted octanol–water partition coefficient (Wildman–Crippen LogP) is 2.73. The van der Waals surface area contributed by atoms with Crippen molar-refractivity contribution in [2.45, 2.75) is 20.3 Å². The Morgan fingerprint density at radius 1 is 1.20 bits per heavy atom. The van der Waals surface area contributed by atoms with Gasteiger partial charge in [-0.25, -0.2) is 0 Å². The van der Waals surface area contributed by atoms with Crippen molar-refractivity contribution >= 4 is 21.6 Å². The Morgan fingerprint density at radius 3 is 2.45 bits per heavy atom. The maximum absolute atomic E-state index is 5.63. The number of benzene rings is 1. The number of nitrogens with two attached hydrogens (primary N) is 1. The molecule has 0 amide bonds. The highest BCUT2D eigenvalue weighted by atomic mass is 79.9. The lowest BCUT2D eigenvalue weighted by atomic mass is 10.1. The van der Waals surface area contributed by atoms with E-state index in [0.29, 0.717) is 6.54 Å². The summed E-state index contributed by atoms with van der Waals surface area (Å²) in [7, 11) is 0. The summed E-state index contributed by atoms with van der Waals surface area (Å²) < 4.78 is 1.19. The van der Waals surface area contributed by atoms with Crippen molar-refractivity contribution < 1.29 is 0 Å². The zero-order valence-electron chi connectivity index (χ0n) is 12.6. The third kappa shape index (κ3) is 4.21. The van der Waals surface area contributed by atoms with Gasteiger partial charge in [0.25, 0.3) is 0 Å². The van der Waals surface area contributed by atoms with Crippen molar-refractivity contribution in [2.24, 2.45) is 11.7 Å². The van der Waals surface area contributed by atoms with E-state index in [9.17, 15) is 0 Å². The molecule has 0 unspecified atom stereocenters. The maximum atomic E-state index is 5.63. The molecule has 0 bridgehead atoms. The van der Waals surface area contributed by atoms with Gasteiger partial charge in [0.1, 0.15) is 0 Å². The van der Waals surface area contributed by atoms with Crippen LogP contribution >= 0.6 is 15.9 Å². The first-order valence-corrected chi connectivity index (χ1v) is 8.35. The van der Waals surface area contributed by atoms with E-state index in [1.165, 1.54) is 35.4 Å². The van der Waals surface area contributed by atoms with Gasteiger partial charge in [-0.3, -0.25) is 4.90 Å². The van der Waals surface area contributed by atoms with Crippen LogP contribution in [0, 0.1) is 5.92 Å². The molecule has 0 aliphatic carbocycles. The van der Waals surface area contributed by atoms with Crippen LogP contribution < -0.4 is 10.6 Å². The van der Waals surface area contributed by atoms with Crippen LogP contribution in [-0.2, 0) is 6.42 Å². The summed E-state index contributed by atoms with van der Waals surface area (Å²) in [6.45, 7) is 11.1. The van der Waals surface area contributed by atoms with Crippen LogP contribution in [0.4, 0.5) is 5.69 Å². The molecule has 1 heterocycles. The molecule has 0 aromatic heterocycles. The lowest BCUT2D eigenvalue weighted by Gasteiger charge is -2.37. The van der Waals surface area contributed by atoms with Gasteiger partial charge >= 0.3 is 0 Å². The predicted molar refractivity (Wildman–Crippen MR) is 90.4 cm³/mol. The highest BCUT2D eigenvalue weighted by Crippen LogP contribution is 2.25. The summed E-state index contributed by atoms with van der Waals surface area (Å²) >= 11 is 3.67. The lowest BCUT2D eigenvalue weighted by Crippen LogP contribution is -2.47. The Balaban J connectivity index is 1.95. The Kier molecular flexibility index (Phi) is 5.87. The van der Waals surface area contributed by atoms with E-state index < -0.39 is 0 Å². The third-order valence-electron chi connectivity index (χ3n) is 3.81. The minimum Gasteiger partial charge on any atom is -0.369 e. The molecule has 1 aliphatic heterocycles. The summed E-state index contributed by atoms with van der Waals surface area (Å²) in [5.41, 5.74) is 8.25. The summed E-state index contributed by atoms with van der Waals surface area (Å²) in [6.07, 6.45) is 0.934. The molecule has 1 saturated heterocycles. The molecular formula is C16H26BrN3. The van der Waals surface area contributed by atoms with E-state index in [4.69, 9.17) is 5.73 Å². The Morgan fingerprint density at radius 2 is 1.90 bits per heavy atom. The van der Waals surface area contributed by atoms with Crippen LogP contribution in [0.25, 0.3) is 0 Å². The van der Waals surface area contributed by atoms with Crippen LogP contribution in [0.1, 0.15) is 19.4 Å². The highest BCUT2D eigenvalue weighted by molar-refractivity contribution is 9.10. The topological polar surface area (TPSA) is 32.5 Å². The summed E-state index contributed by atoms with van der Waals surface area (Å²) in [6, 6.07) is 6.67. The standard InChI is InChI=1S/C16H26BrN3/c1-13(2)12-19-7-9-20(10-8-19)15-4-3-14(5-6-18)16(17)11-15/h3-4,11,13H,5-10,12,18H2,1-2H3. The van der Waals surface area contributed by atoms with Gasteiger partial charge in [-0.15, -0.1) is 0 Å². The highest BCUT2D eigenvalue weighted by Gasteiger charge is 2.18. The van der Waals surface area contributed by atoms with E-state index in [-0.39, 0.29) is 0 Å². The van der Waals surface area contributed by atoms with E-state index in [1.54, 1.807) is 0 Å². The van der Waals surface area contributed by atoms with Gasteiger partial charge in [0, 0.05) is 42.9 Å². The monoisotopic (exact) mass is 339 g/mol. The van der Waals surface area contributed by atoms with Crippen molar-refractivity contribution in [1.82, 2.24) is 4.90 Å². The summed E-state index contributed by atoms with van der Waals surface area (Å²) in [5, 5.41) is 0. The van der Waals surface area contributed by atoms with Gasteiger partial charge in [-0.05, 0) is 36.6 Å². The number of anilines is 1. The fourth-order valence-electron chi connectivity index (χ4n) is 2.80. The summed E-state index contributed by atoms with van der Waals surface area (Å²) in [5.74, 6) is 0.756. The molecule has 4 heteroatoms. The normalized spacial score (nSPS) is 16.9. The first-order chi connectivity index (χ1) is 9.60. The quantitative estimate of drug-likeness (QED) is 0.895. The van der Waals surface area contributed by atoms with E-state index in [2.05, 4.69) is 57.8 Å². The minimum atomic E-state index is 0.700. The van der Waals surface area contributed by atoms with Crippen LogP contribution in [0.5, 0.6) is 0 Å². The Hall–Kier alpha value is -0.580. The molecule has 0 spiro atoms. The van der Waals surface area contributed by atoms with E-state index >= 15 is 0 Å². The van der Waals surface area contributed by atoms with Gasteiger partial charge in [0.15, 0.2) is 0 Å². The molecule has 3 nitrogen and oxygen atoms in total. The Bertz CT molecular complexity index is 426. The van der Waals surface area contributed by atoms with Crippen molar-refractivity contribution in [1.29, 1.82) is 0 Å². The second-order valence-corrected chi connectivity index (χ2v) is 6.85. The number of nitrogens with zero attached hydrogens (tertiary/aromatic N) is 2. The molecule has 2 N–H and O–H groups in total. The second kappa shape index (κ2) is 7.43. The van der Waals surface area contributed by atoms with Crippen molar-refractivity contribution in [3.05, 3.63) is 28.2 Å². The number of rotatable bonds is 5. The molecule has 1 fully saturated rings. The smallest absolute Gasteiger partial charge is 0.0378 e. The van der Waals surface area contributed by atoms with Crippen LogP contribution in [0.2, 0.25) is 0 Å². The van der Waals surface area contributed by atoms with Crippen molar-refractivity contribution in [2.75, 3.05) is 44.2 Å². The average molecular weight is 340 g/mol. The zero-order chi connectivity index (χ0) is 14.5. The molecule has 1 aliphatic rings. The van der Waals surface area contributed by atoms with E-state index in [0.717, 1.165) is 25.4 Å². The van der Waals surface area contributed by atoms with Gasteiger partial charge in [0.05, 0.1) is 0 Å². The first-order valence-electron chi connectivity index (χ1n) is 7.56. The molecule has 112 valence electrons. The van der Waals surface area contributed by atoms with Crippen molar-refractivity contribution in [3.63, 3.8) is 0 Å². The molecule has 2 rings (SSSR count). The molecule has 0 radical (unpaired) electrons. The number of hydrogen-bond donors (Lipinski definition) is 1.